The van der Waals surface area contributed by atoms with Crippen LogP contribution in [-0.2, 0) is 12.8 Å². The molecule has 148 valence electrons. The van der Waals surface area contributed by atoms with Gasteiger partial charge in [-0.25, -0.2) is 0 Å². The number of fused-ring (bicyclic) bond motifs is 3. The minimum atomic E-state index is -0.175. The van der Waals surface area contributed by atoms with Gasteiger partial charge in [-0.3, -0.25) is 14.6 Å². The third-order valence-electron chi connectivity index (χ3n) is 6.34. The number of ketones is 1. The van der Waals surface area contributed by atoms with Crippen LogP contribution < -0.4 is 0 Å². The van der Waals surface area contributed by atoms with Crippen LogP contribution in [0.3, 0.4) is 0 Å². The third kappa shape index (κ3) is 3.35. The minimum absolute atomic E-state index is 0.0242. The fourth-order valence-corrected chi connectivity index (χ4v) is 4.81. The first-order valence-electron chi connectivity index (χ1n) is 10.6. The van der Waals surface area contributed by atoms with E-state index in [0.29, 0.717) is 18.8 Å². The predicted molar refractivity (Wildman–Crippen MR) is 112 cm³/mol. The van der Waals surface area contributed by atoms with E-state index in [9.17, 15) is 9.59 Å². The molecule has 1 aliphatic carbocycles. The van der Waals surface area contributed by atoms with E-state index in [0.717, 1.165) is 36.8 Å². The Hall–Kier alpha value is -2.95. The second kappa shape index (κ2) is 7.47. The number of piperidine rings is 1. The summed E-state index contributed by atoms with van der Waals surface area (Å²) in [5, 5.41) is 1.18. The molecule has 1 saturated heterocycles. The average molecular weight is 387 g/mol. The summed E-state index contributed by atoms with van der Waals surface area (Å²) < 4.78 is 0. The maximum Gasteiger partial charge on any atom is 0.253 e. The zero-order chi connectivity index (χ0) is 19.8. The Morgan fingerprint density at radius 3 is 2.83 bits per heavy atom. The number of amides is 1. The van der Waals surface area contributed by atoms with Gasteiger partial charge in [-0.15, -0.1) is 0 Å². The van der Waals surface area contributed by atoms with Gasteiger partial charge in [-0.2, -0.15) is 0 Å². The molecule has 1 amide bonds. The Labute approximate surface area is 170 Å². The maximum atomic E-state index is 13.2. The van der Waals surface area contributed by atoms with E-state index < -0.39 is 0 Å². The number of nitrogens with one attached hydrogen (secondary N) is 1. The summed E-state index contributed by atoms with van der Waals surface area (Å²) >= 11 is 0. The molecule has 0 spiro atoms. The van der Waals surface area contributed by atoms with E-state index in [-0.39, 0.29) is 17.6 Å². The molecule has 1 N–H and O–H groups in total. The molecule has 29 heavy (non-hydrogen) atoms. The normalized spacial score (nSPS) is 19.2. The Kier molecular flexibility index (Phi) is 4.66. The Morgan fingerprint density at radius 2 is 1.97 bits per heavy atom. The Balaban J connectivity index is 1.38. The van der Waals surface area contributed by atoms with Crippen molar-refractivity contribution in [3.63, 3.8) is 0 Å². The number of aryl methyl sites for hydroxylation is 2. The summed E-state index contributed by atoms with van der Waals surface area (Å²) in [5.74, 6) is -0.110. The Morgan fingerprint density at radius 1 is 1.07 bits per heavy atom. The maximum absolute atomic E-state index is 13.2. The van der Waals surface area contributed by atoms with Crippen molar-refractivity contribution in [1.29, 1.82) is 0 Å². The molecule has 5 heteroatoms. The number of aromatic nitrogens is 2. The van der Waals surface area contributed by atoms with Crippen LogP contribution in [0.15, 0.2) is 42.6 Å². The number of likely N-dealkylation sites (tertiary alicyclic amines) is 1. The first-order valence-corrected chi connectivity index (χ1v) is 10.6. The molecule has 1 unspecified atom stereocenters. The zero-order valence-electron chi connectivity index (χ0n) is 16.5. The van der Waals surface area contributed by atoms with Crippen LogP contribution in [0.25, 0.3) is 10.9 Å². The highest BCUT2D eigenvalue weighted by Crippen LogP contribution is 2.30. The topological polar surface area (TPSA) is 66.1 Å². The van der Waals surface area contributed by atoms with E-state index >= 15 is 0 Å². The van der Waals surface area contributed by atoms with Gasteiger partial charge in [-0.1, -0.05) is 6.07 Å². The highest BCUT2D eigenvalue weighted by molar-refractivity contribution is 6.00. The van der Waals surface area contributed by atoms with E-state index in [1.54, 1.807) is 12.3 Å². The number of hydrogen-bond donors (Lipinski definition) is 1. The van der Waals surface area contributed by atoms with Gasteiger partial charge in [0.25, 0.3) is 5.91 Å². The molecule has 3 heterocycles. The molecule has 1 aromatic carbocycles. The van der Waals surface area contributed by atoms with Gasteiger partial charge in [-0.05, 0) is 74.4 Å². The van der Waals surface area contributed by atoms with Gasteiger partial charge in [0.05, 0.1) is 0 Å². The number of aromatic amines is 1. The van der Waals surface area contributed by atoms with Gasteiger partial charge >= 0.3 is 0 Å². The fraction of sp³-hybridized carbons (Fsp3) is 0.375. The molecular formula is C24H25N3O2. The summed E-state index contributed by atoms with van der Waals surface area (Å²) in [6.07, 6.45) is 7.91. The highest BCUT2D eigenvalue weighted by Gasteiger charge is 2.30. The lowest BCUT2D eigenvalue weighted by Gasteiger charge is -2.32. The van der Waals surface area contributed by atoms with E-state index in [4.69, 9.17) is 0 Å². The van der Waals surface area contributed by atoms with Crippen LogP contribution in [-0.4, -0.2) is 39.6 Å². The van der Waals surface area contributed by atoms with Gasteiger partial charge in [0, 0.05) is 47.4 Å². The second-order valence-corrected chi connectivity index (χ2v) is 8.22. The van der Waals surface area contributed by atoms with Crippen molar-refractivity contribution >= 4 is 22.6 Å². The molecule has 5 nitrogen and oxygen atoms in total. The highest BCUT2D eigenvalue weighted by atomic mass is 16.2. The number of carbonyl (C=O) groups is 2. The van der Waals surface area contributed by atoms with Crippen LogP contribution >= 0.6 is 0 Å². The summed E-state index contributed by atoms with van der Waals surface area (Å²) in [5.41, 5.74) is 5.04. The van der Waals surface area contributed by atoms with Crippen molar-refractivity contribution in [3.05, 3.63) is 65.1 Å². The van der Waals surface area contributed by atoms with Crippen molar-refractivity contribution < 1.29 is 9.59 Å². The van der Waals surface area contributed by atoms with Crippen LogP contribution in [0.5, 0.6) is 0 Å². The van der Waals surface area contributed by atoms with Crippen molar-refractivity contribution in [2.45, 2.75) is 38.5 Å². The molecule has 1 aliphatic heterocycles. The summed E-state index contributed by atoms with van der Waals surface area (Å²) in [6.45, 7) is 1.17. The summed E-state index contributed by atoms with van der Waals surface area (Å²) in [7, 11) is 0. The van der Waals surface area contributed by atoms with Crippen LogP contribution in [0.2, 0.25) is 0 Å². The first kappa shape index (κ1) is 18.1. The van der Waals surface area contributed by atoms with Crippen LogP contribution in [0.1, 0.15) is 57.8 Å². The average Bonchev–Trinajstić information content (AvgIpc) is 3.16. The number of Topliss-reactive ketones (excluding diaryl/α,β-unsaturated/α-hetero) is 1. The number of nitrogens with zero attached hydrogens (tertiary/aromatic N) is 2. The minimum Gasteiger partial charge on any atom is -0.358 e. The van der Waals surface area contributed by atoms with Gasteiger partial charge in [0.2, 0.25) is 0 Å². The number of hydrogen-bond acceptors (Lipinski definition) is 3. The van der Waals surface area contributed by atoms with Crippen LogP contribution in [0.4, 0.5) is 0 Å². The predicted octanol–water partition coefficient (Wildman–Crippen LogP) is 4.18. The fourth-order valence-electron chi connectivity index (χ4n) is 4.81. The number of carbonyl (C=O) groups excluding carboxylic acids is 2. The molecule has 0 saturated carbocycles. The third-order valence-corrected chi connectivity index (χ3v) is 6.34. The summed E-state index contributed by atoms with van der Waals surface area (Å²) in [4.78, 5) is 35.6. The zero-order valence-corrected chi connectivity index (χ0v) is 16.5. The first-order chi connectivity index (χ1) is 14.2. The molecule has 0 radical (unpaired) electrons. The molecule has 1 atom stereocenters. The van der Waals surface area contributed by atoms with Crippen molar-refractivity contribution in [3.8, 4) is 0 Å². The number of rotatable bonds is 3. The smallest absolute Gasteiger partial charge is 0.253 e. The molecule has 2 aliphatic rings. The number of benzene rings is 1. The molecule has 2 aromatic heterocycles. The van der Waals surface area contributed by atoms with Gasteiger partial charge in [0.15, 0.2) is 5.78 Å². The summed E-state index contributed by atoms with van der Waals surface area (Å²) in [6, 6.07) is 11.4. The van der Waals surface area contributed by atoms with Crippen molar-refractivity contribution in [2.24, 2.45) is 5.92 Å². The lowest BCUT2D eigenvalue weighted by molar-refractivity contribution is 0.0635. The van der Waals surface area contributed by atoms with Crippen molar-refractivity contribution in [1.82, 2.24) is 14.9 Å². The van der Waals surface area contributed by atoms with Gasteiger partial charge < -0.3 is 9.88 Å². The molecule has 1 fully saturated rings. The molecular weight excluding hydrogens is 362 g/mol. The molecule has 0 bridgehead atoms. The Bertz CT molecular complexity index is 1070. The van der Waals surface area contributed by atoms with Crippen molar-refractivity contribution in [2.75, 3.05) is 13.1 Å². The quantitative estimate of drug-likeness (QED) is 0.686. The number of H-pyrrole nitrogens is 1. The molecule has 3 aromatic rings. The lowest BCUT2D eigenvalue weighted by atomic mass is 9.91. The second-order valence-electron chi connectivity index (χ2n) is 8.22. The standard InChI is InChI=1S/C24H25N3O2/c28-23(22-9-3-4-12-25-22)17-6-5-13-27(15-17)24(29)16-10-11-21-19(14-16)18-7-1-2-8-20(18)26-21/h3-4,9-12,14,17,26H,1-2,5-8,13,15H2. The number of pyridine rings is 1. The largest absolute Gasteiger partial charge is 0.358 e. The lowest BCUT2D eigenvalue weighted by Crippen LogP contribution is -2.42. The SMILES string of the molecule is O=C(c1ccccn1)C1CCCN(C(=O)c2ccc3[nH]c4c(c3c2)CCCC4)C1. The van der Waals surface area contributed by atoms with E-state index in [2.05, 4.69) is 9.97 Å². The van der Waals surface area contributed by atoms with E-state index in [1.165, 1.54) is 29.5 Å². The van der Waals surface area contributed by atoms with Crippen LogP contribution in [0, 0.1) is 5.92 Å². The van der Waals surface area contributed by atoms with E-state index in [1.807, 2.05) is 35.2 Å². The monoisotopic (exact) mass is 387 g/mol. The molecule has 5 rings (SSSR count). The van der Waals surface area contributed by atoms with Gasteiger partial charge in [0.1, 0.15) is 5.69 Å².